The Morgan fingerprint density at radius 2 is 1.82 bits per heavy atom. The molecule has 1 aromatic carbocycles. The molecule has 17 heavy (non-hydrogen) atoms. The lowest BCUT2D eigenvalue weighted by Crippen LogP contribution is -2.27. The molecule has 0 saturated heterocycles. The van der Waals surface area contributed by atoms with E-state index < -0.39 is 0 Å². The second-order valence-corrected chi connectivity index (χ2v) is 5.47. The van der Waals surface area contributed by atoms with Crippen molar-refractivity contribution in [3.8, 4) is 0 Å². The third-order valence-corrected chi connectivity index (χ3v) is 4.35. The Hall–Kier alpha value is -0.340. The SMILES string of the molecule is CCNC(c1ccc(C)c(Br)c1)C(CC)CC. The maximum absolute atomic E-state index is 3.63. The second-order valence-electron chi connectivity index (χ2n) is 4.62. The first-order chi connectivity index (χ1) is 8.13. The van der Waals surface area contributed by atoms with Gasteiger partial charge in [0.2, 0.25) is 0 Å². The summed E-state index contributed by atoms with van der Waals surface area (Å²) < 4.78 is 1.21. The van der Waals surface area contributed by atoms with Crippen molar-refractivity contribution >= 4 is 15.9 Å². The lowest BCUT2D eigenvalue weighted by Gasteiger charge is -2.27. The minimum atomic E-state index is 0.479. The zero-order chi connectivity index (χ0) is 12.8. The molecule has 0 saturated carbocycles. The maximum atomic E-state index is 3.63. The van der Waals surface area contributed by atoms with Crippen molar-refractivity contribution in [2.45, 2.75) is 46.6 Å². The molecule has 0 aliphatic carbocycles. The Balaban J connectivity index is 2.99. The molecule has 0 radical (unpaired) electrons. The molecule has 0 bridgehead atoms. The predicted molar refractivity (Wildman–Crippen MR) is 79.4 cm³/mol. The fourth-order valence-corrected chi connectivity index (χ4v) is 2.74. The molecule has 1 unspecified atom stereocenters. The Kier molecular flexibility index (Phi) is 6.21. The van der Waals surface area contributed by atoms with Gasteiger partial charge in [0.1, 0.15) is 0 Å². The van der Waals surface area contributed by atoms with E-state index in [2.05, 4.69) is 67.1 Å². The van der Waals surface area contributed by atoms with Gasteiger partial charge in [-0.2, -0.15) is 0 Å². The van der Waals surface area contributed by atoms with Gasteiger partial charge in [0.25, 0.3) is 0 Å². The van der Waals surface area contributed by atoms with Gasteiger partial charge in [-0.1, -0.05) is 61.7 Å². The van der Waals surface area contributed by atoms with Crippen molar-refractivity contribution < 1.29 is 0 Å². The third-order valence-electron chi connectivity index (χ3n) is 3.50. The molecule has 1 rings (SSSR count). The number of hydrogen-bond donors (Lipinski definition) is 1. The summed E-state index contributed by atoms with van der Waals surface area (Å²) >= 11 is 3.63. The van der Waals surface area contributed by atoms with Crippen LogP contribution in [-0.4, -0.2) is 6.54 Å². The summed E-state index contributed by atoms with van der Waals surface area (Å²) in [7, 11) is 0. The molecular formula is C15H24BrN. The van der Waals surface area contributed by atoms with Crippen molar-refractivity contribution in [3.05, 3.63) is 33.8 Å². The predicted octanol–water partition coefficient (Wildman–Crippen LogP) is 4.84. The molecule has 1 N–H and O–H groups in total. The molecule has 0 fully saturated rings. The van der Waals surface area contributed by atoms with E-state index in [4.69, 9.17) is 0 Å². The highest BCUT2D eigenvalue weighted by molar-refractivity contribution is 9.10. The van der Waals surface area contributed by atoms with Gasteiger partial charge in [0, 0.05) is 10.5 Å². The molecule has 0 aliphatic heterocycles. The number of rotatable bonds is 6. The average molecular weight is 298 g/mol. The average Bonchev–Trinajstić information content (AvgIpc) is 2.33. The summed E-state index contributed by atoms with van der Waals surface area (Å²) in [6.07, 6.45) is 2.44. The largest absolute Gasteiger partial charge is 0.310 e. The monoisotopic (exact) mass is 297 g/mol. The van der Waals surface area contributed by atoms with Crippen LogP contribution in [0.25, 0.3) is 0 Å². The van der Waals surface area contributed by atoms with Crippen molar-refractivity contribution in [2.24, 2.45) is 5.92 Å². The van der Waals surface area contributed by atoms with Crippen molar-refractivity contribution in [3.63, 3.8) is 0 Å². The Morgan fingerprint density at radius 1 is 1.18 bits per heavy atom. The van der Waals surface area contributed by atoms with Gasteiger partial charge in [-0.15, -0.1) is 0 Å². The van der Waals surface area contributed by atoms with Gasteiger partial charge >= 0.3 is 0 Å². The Morgan fingerprint density at radius 3 is 2.29 bits per heavy atom. The highest BCUT2D eigenvalue weighted by atomic mass is 79.9. The summed E-state index contributed by atoms with van der Waals surface area (Å²) in [4.78, 5) is 0. The number of aryl methyl sites for hydroxylation is 1. The van der Waals surface area contributed by atoms with Crippen LogP contribution >= 0.6 is 15.9 Å². The van der Waals surface area contributed by atoms with Gasteiger partial charge in [0.15, 0.2) is 0 Å². The van der Waals surface area contributed by atoms with E-state index >= 15 is 0 Å². The molecule has 1 nitrogen and oxygen atoms in total. The third kappa shape index (κ3) is 3.82. The molecule has 1 atom stereocenters. The number of hydrogen-bond acceptors (Lipinski definition) is 1. The van der Waals surface area contributed by atoms with Crippen LogP contribution in [0.15, 0.2) is 22.7 Å². The van der Waals surface area contributed by atoms with Crippen LogP contribution < -0.4 is 5.32 Å². The van der Waals surface area contributed by atoms with E-state index in [1.807, 2.05) is 0 Å². The Bertz CT molecular complexity index is 345. The van der Waals surface area contributed by atoms with E-state index in [-0.39, 0.29) is 0 Å². The fraction of sp³-hybridized carbons (Fsp3) is 0.600. The molecule has 0 heterocycles. The number of halogens is 1. The standard InChI is InChI=1S/C15H24BrN/c1-5-12(6-2)15(17-7-3)13-9-8-11(4)14(16)10-13/h8-10,12,15,17H,5-7H2,1-4H3. The molecule has 2 heteroatoms. The lowest BCUT2D eigenvalue weighted by atomic mass is 9.88. The number of benzene rings is 1. The lowest BCUT2D eigenvalue weighted by molar-refractivity contribution is 0.346. The Labute approximate surface area is 114 Å². The molecule has 0 amide bonds. The number of nitrogens with one attached hydrogen (secondary N) is 1. The molecule has 0 aliphatic rings. The second kappa shape index (κ2) is 7.17. The summed E-state index contributed by atoms with van der Waals surface area (Å²) in [5.74, 6) is 0.713. The molecule has 0 aromatic heterocycles. The van der Waals surface area contributed by atoms with Crippen molar-refractivity contribution in [1.82, 2.24) is 5.32 Å². The molecular weight excluding hydrogens is 274 g/mol. The molecule has 1 aromatic rings. The zero-order valence-corrected chi connectivity index (χ0v) is 13.0. The van der Waals surface area contributed by atoms with Crippen LogP contribution in [0.3, 0.4) is 0 Å². The first-order valence-electron chi connectivity index (χ1n) is 6.63. The summed E-state index contributed by atoms with van der Waals surface area (Å²) in [6, 6.07) is 7.20. The van der Waals surface area contributed by atoms with Crippen LogP contribution in [-0.2, 0) is 0 Å². The summed E-state index contributed by atoms with van der Waals surface area (Å²) in [6.45, 7) is 9.89. The zero-order valence-electron chi connectivity index (χ0n) is 11.4. The topological polar surface area (TPSA) is 12.0 Å². The molecule has 96 valence electrons. The normalized spacial score (nSPS) is 13.1. The highest BCUT2D eigenvalue weighted by Crippen LogP contribution is 2.30. The van der Waals surface area contributed by atoms with E-state index in [0.29, 0.717) is 12.0 Å². The van der Waals surface area contributed by atoms with Gasteiger partial charge in [-0.05, 0) is 36.6 Å². The first-order valence-corrected chi connectivity index (χ1v) is 7.42. The van der Waals surface area contributed by atoms with E-state index in [1.165, 1.54) is 28.4 Å². The van der Waals surface area contributed by atoms with Crippen LogP contribution in [0.5, 0.6) is 0 Å². The van der Waals surface area contributed by atoms with Crippen molar-refractivity contribution in [2.75, 3.05) is 6.54 Å². The maximum Gasteiger partial charge on any atom is 0.0348 e. The van der Waals surface area contributed by atoms with Gasteiger partial charge in [-0.25, -0.2) is 0 Å². The quantitative estimate of drug-likeness (QED) is 0.792. The van der Waals surface area contributed by atoms with Crippen LogP contribution in [0.1, 0.15) is 50.8 Å². The van der Waals surface area contributed by atoms with Crippen LogP contribution in [0.2, 0.25) is 0 Å². The summed E-state index contributed by atoms with van der Waals surface area (Å²) in [5.41, 5.74) is 2.70. The van der Waals surface area contributed by atoms with Gasteiger partial charge < -0.3 is 5.32 Å². The van der Waals surface area contributed by atoms with Crippen LogP contribution in [0, 0.1) is 12.8 Å². The van der Waals surface area contributed by atoms with Gasteiger partial charge in [-0.3, -0.25) is 0 Å². The fourth-order valence-electron chi connectivity index (χ4n) is 2.34. The van der Waals surface area contributed by atoms with Crippen molar-refractivity contribution in [1.29, 1.82) is 0 Å². The van der Waals surface area contributed by atoms with E-state index in [9.17, 15) is 0 Å². The first kappa shape index (κ1) is 14.7. The minimum absolute atomic E-state index is 0.479. The minimum Gasteiger partial charge on any atom is -0.310 e. The van der Waals surface area contributed by atoms with Gasteiger partial charge in [0.05, 0.1) is 0 Å². The smallest absolute Gasteiger partial charge is 0.0348 e. The molecule has 0 spiro atoms. The summed E-state index contributed by atoms with van der Waals surface area (Å²) in [5, 5.41) is 3.63. The van der Waals surface area contributed by atoms with Crippen LogP contribution in [0.4, 0.5) is 0 Å². The highest BCUT2D eigenvalue weighted by Gasteiger charge is 2.19. The van der Waals surface area contributed by atoms with E-state index in [0.717, 1.165) is 6.54 Å². The van der Waals surface area contributed by atoms with E-state index in [1.54, 1.807) is 0 Å².